The van der Waals surface area contributed by atoms with E-state index in [1.165, 1.54) is 18.2 Å². The molecule has 3 aromatic rings. The van der Waals surface area contributed by atoms with Gasteiger partial charge < -0.3 is 16.0 Å². The molecule has 1 unspecified atom stereocenters. The molecular weight excluding hydrogens is 450 g/mol. The highest BCUT2D eigenvalue weighted by Crippen LogP contribution is 2.23. The van der Waals surface area contributed by atoms with E-state index < -0.39 is 15.7 Å². The molecule has 0 heterocycles. The number of halogens is 1. The number of benzene rings is 3. The molecule has 3 aromatic carbocycles. The van der Waals surface area contributed by atoms with Gasteiger partial charge in [0.2, 0.25) is 0 Å². The summed E-state index contributed by atoms with van der Waals surface area (Å²) < 4.78 is 23.7. The van der Waals surface area contributed by atoms with Gasteiger partial charge in [-0.1, -0.05) is 41.9 Å². The Morgan fingerprint density at radius 2 is 1.47 bits per heavy atom. The van der Waals surface area contributed by atoms with Gasteiger partial charge in [-0.2, -0.15) is 0 Å². The number of anilines is 2. The van der Waals surface area contributed by atoms with Crippen LogP contribution in [0.4, 0.5) is 16.2 Å². The number of carbonyl (C=O) groups excluding carboxylic acids is 2. The summed E-state index contributed by atoms with van der Waals surface area (Å²) in [6.45, 7) is 1.80. The van der Waals surface area contributed by atoms with Crippen LogP contribution in [-0.2, 0) is 9.84 Å². The molecule has 0 aliphatic heterocycles. The normalized spacial score (nSPS) is 12.0. The average molecular weight is 472 g/mol. The molecule has 7 nitrogen and oxygen atoms in total. The third-order valence-corrected chi connectivity index (χ3v) is 6.22. The predicted octanol–water partition coefficient (Wildman–Crippen LogP) is 4.88. The van der Waals surface area contributed by atoms with Crippen molar-refractivity contribution in [1.82, 2.24) is 5.32 Å². The smallest absolute Gasteiger partial charge is 0.323 e. The first kappa shape index (κ1) is 23.3. The number of carbonyl (C=O) groups is 2. The number of hydrogen-bond donors (Lipinski definition) is 3. The van der Waals surface area contributed by atoms with Gasteiger partial charge in [0, 0.05) is 23.2 Å². The van der Waals surface area contributed by atoms with Crippen LogP contribution in [-0.4, -0.2) is 26.6 Å². The number of rotatable bonds is 6. The summed E-state index contributed by atoms with van der Waals surface area (Å²) in [6, 6.07) is 19.5. The zero-order chi connectivity index (χ0) is 23.3. The van der Waals surface area contributed by atoms with Crippen LogP contribution in [0.1, 0.15) is 28.9 Å². The Morgan fingerprint density at radius 1 is 0.875 bits per heavy atom. The number of para-hydroxylation sites is 1. The summed E-state index contributed by atoms with van der Waals surface area (Å²) >= 11 is 5.94. The third kappa shape index (κ3) is 6.09. The van der Waals surface area contributed by atoms with Crippen molar-refractivity contribution in [2.24, 2.45) is 0 Å². The van der Waals surface area contributed by atoms with Crippen LogP contribution in [0.3, 0.4) is 0 Å². The van der Waals surface area contributed by atoms with E-state index in [9.17, 15) is 18.0 Å². The first-order chi connectivity index (χ1) is 15.1. The summed E-state index contributed by atoms with van der Waals surface area (Å²) in [5.41, 5.74) is 2.28. The maximum atomic E-state index is 12.6. The van der Waals surface area contributed by atoms with Gasteiger partial charge in [-0.05, 0) is 55.0 Å². The van der Waals surface area contributed by atoms with Crippen molar-refractivity contribution >= 4 is 44.8 Å². The predicted molar refractivity (Wildman–Crippen MR) is 126 cm³/mol. The van der Waals surface area contributed by atoms with Gasteiger partial charge in [0.1, 0.15) is 0 Å². The lowest BCUT2D eigenvalue weighted by atomic mass is 10.1. The standard InChI is InChI=1S/C23H22ClN3O4S/c1-15(25-22(28)17-10-13-20(24)21(14-17)32(2,30)31)16-8-11-19(12-9-16)27-23(29)26-18-6-4-3-5-7-18/h3-15H,1-2H3,(H,25,28)(H2,26,27,29). The van der Waals surface area contributed by atoms with Crippen LogP contribution in [0.15, 0.2) is 77.7 Å². The maximum absolute atomic E-state index is 12.6. The largest absolute Gasteiger partial charge is 0.346 e. The second-order valence-electron chi connectivity index (χ2n) is 7.18. The second kappa shape index (κ2) is 9.84. The average Bonchev–Trinajstić information content (AvgIpc) is 2.74. The molecule has 166 valence electrons. The number of nitrogens with one attached hydrogen (secondary N) is 3. The molecule has 0 spiro atoms. The summed E-state index contributed by atoms with van der Waals surface area (Å²) in [5, 5.41) is 8.37. The lowest BCUT2D eigenvalue weighted by Gasteiger charge is -2.16. The topological polar surface area (TPSA) is 104 Å². The van der Waals surface area contributed by atoms with Crippen LogP contribution in [0.2, 0.25) is 5.02 Å². The van der Waals surface area contributed by atoms with E-state index in [1.807, 2.05) is 18.2 Å². The Kier molecular flexibility index (Phi) is 7.17. The third-order valence-electron chi connectivity index (χ3n) is 4.64. The van der Waals surface area contributed by atoms with E-state index in [0.29, 0.717) is 11.4 Å². The highest BCUT2D eigenvalue weighted by atomic mass is 35.5. The van der Waals surface area contributed by atoms with Gasteiger partial charge in [-0.25, -0.2) is 13.2 Å². The van der Waals surface area contributed by atoms with Crippen molar-refractivity contribution in [1.29, 1.82) is 0 Å². The molecule has 0 saturated carbocycles. The molecule has 0 bridgehead atoms. The lowest BCUT2D eigenvalue weighted by Crippen LogP contribution is -2.26. The number of urea groups is 1. The fraction of sp³-hybridized carbons (Fsp3) is 0.130. The van der Waals surface area contributed by atoms with Crippen LogP contribution >= 0.6 is 11.6 Å². The maximum Gasteiger partial charge on any atom is 0.323 e. The van der Waals surface area contributed by atoms with E-state index in [-0.39, 0.29) is 27.6 Å². The van der Waals surface area contributed by atoms with E-state index >= 15 is 0 Å². The summed E-state index contributed by atoms with van der Waals surface area (Å²) in [5.74, 6) is -0.427. The van der Waals surface area contributed by atoms with E-state index in [0.717, 1.165) is 11.8 Å². The Hall–Kier alpha value is -3.36. The fourth-order valence-corrected chi connectivity index (χ4v) is 4.26. The van der Waals surface area contributed by atoms with Gasteiger partial charge in [0.15, 0.2) is 9.84 Å². The molecule has 0 aliphatic carbocycles. The first-order valence-electron chi connectivity index (χ1n) is 9.67. The molecule has 3 rings (SSSR count). The Bertz CT molecular complexity index is 1230. The minimum absolute atomic E-state index is 0.0662. The first-order valence-corrected chi connectivity index (χ1v) is 11.9. The van der Waals surface area contributed by atoms with Crippen molar-refractivity contribution < 1.29 is 18.0 Å². The van der Waals surface area contributed by atoms with Crippen LogP contribution in [0.25, 0.3) is 0 Å². The molecule has 0 fully saturated rings. The summed E-state index contributed by atoms with van der Waals surface area (Å²) in [4.78, 5) is 24.6. The zero-order valence-electron chi connectivity index (χ0n) is 17.4. The van der Waals surface area contributed by atoms with Gasteiger partial charge >= 0.3 is 6.03 Å². The second-order valence-corrected chi connectivity index (χ2v) is 9.57. The molecule has 0 radical (unpaired) electrons. The quantitative estimate of drug-likeness (QED) is 0.476. The summed E-state index contributed by atoms with van der Waals surface area (Å²) in [7, 11) is -3.56. The number of hydrogen-bond acceptors (Lipinski definition) is 4. The fourth-order valence-electron chi connectivity index (χ4n) is 2.96. The van der Waals surface area contributed by atoms with Crippen LogP contribution < -0.4 is 16.0 Å². The molecule has 0 aromatic heterocycles. The molecule has 3 amide bonds. The highest BCUT2D eigenvalue weighted by molar-refractivity contribution is 7.90. The Labute approximate surface area is 191 Å². The molecule has 3 N–H and O–H groups in total. The molecule has 0 saturated heterocycles. The van der Waals surface area contributed by atoms with E-state index in [4.69, 9.17) is 11.6 Å². The zero-order valence-corrected chi connectivity index (χ0v) is 19.0. The van der Waals surface area contributed by atoms with Crippen molar-refractivity contribution in [3.8, 4) is 0 Å². The van der Waals surface area contributed by atoms with Gasteiger partial charge in [-0.15, -0.1) is 0 Å². The van der Waals surface area contributed by atoms with Crippen molar-refractivity contribution in [3.05, 3.63) is 88.9 Å². The van der Waals surface area contributed by atoms with Crippen LogP contribution in [0, 0.1) is 0 Å². The SMILES string of the molecule is CC(NC(=O)c1ccc(Cl)c(S(C)(=O)=O)c1)c1ccc(NC(=O)Nc2ccccc2)cc1. The molecule has 32 heavy (non-hydrogen) atoms. The van der Waals surface area contributed by atoms with E-state index in [1.54, 1.807) is 43.3 Å². The van der Waals surface area contributed by atoms with Crippen molar-refractivity contribution in [3.63, 3.8) is 0 Å². The number of sulfone groups is 1. The Morgan fingerprint density at radius 3 is 2.06 bits per heavy atom. The number of amides is 3. The van der Waals surface area contributed by atoms with Crippen LogP contribution in [0.5, 0.6) is 0 Å². The highest BCUT2D eigenvalue weighted by Gasteiger charge is 2.17. The minimum Gasteiger partial charge on any atom is -0.346 e. The minimum atomic E-state index is -3.56. The summed E-state index contributed by atoms with van der Waals surface area (Å²) in [6.07, 6.45) is 1.04. The molecule has 1 atom stereocenters. The van der Waals surface area contributed by atoms with E-state index in [2.05, 4.69) is 16.0 Å². The Balaban J connectivity index is 1.63. The van der Waals surface area contributed by atoms with Crippen molar-refractivity contribution in [2.75, 3.05) is 16.9 Å². The molecule has 0 aliphatic rings. The van der Waals surface area contributed by atoms with Crippen molar-refractivity contribution in [2.45, 2.75) is 17.9 Å². The molecule has 9 heteroatoms. The van der Waals surface area contributed by atoms with Gasteiger partial charge in [0.05, 0.1) is 16.0 Å². The monoisotopic (exact) mass is 471 g/mol. The van der Waals surface area contributed by atoms with Gasteiger partial charge in [-0.3, -0.25) is 4.79 Å². The lowest BCUT2D eigenvalue weighted by molar-refractivity contribution is 0.0939. The van der Waals surface area contributed by atoms with Gasteiger partial charge in [0.25, 0.3) is 5.91 Å². The molecular formula is C23H22ClN3O4S.